The monoisotopic (exact) mass is 387 g/mol. The van der Waals surface area contributed by atoms with E-state index in [0.29, 0.717) is 24.2 Å². The van der Waals surface area contributed by atoms with Gasteiger partial charge in [0.05, 0.1) is 12.2 Å². The first-order valence-electron chi connectivity index (χ1n) is 9.67. The third-order valence-electron chi connectivity index (χ3n) is 4.61. The predicted octanol–water partition coefficient (Wildman–Crippen LogP) is 4.06. The number of aromatic nitrogens is 1. The van der Waals surface area contributed by atoms with Crippen LogP contribution < -0.4 is 5.32 Å². The predicted molar refractivity (Wildman–Crippen MR) is 113 cm³/mol. The summed E-state index contributed by atoms with van der Waals surface area (Å²) in [5, 5.41) is 2.85. The maximum atomic E-state index is 13.1. The Balaban J connectivity index is 1.72. The Hall–Kier alpha value is -3.47. The first-order valence-corrected chi connectivity index (χ1v) is 9.67. The van der Waals surface area contributed by atoms with Gasteiger partial charge in [-0.1, -0.05) is 42.5 Å². The summed E-state index contributed by atoms with van der Waals surface area (Å²) in [6.45, 7) is 4.84. The maximum Gasteiger partial charge on any atom is 0.254 e. The number of nitrogens with one attached hydrogen (secondary N) is 1. The Labute approximate surface area is 171 Å². The molecule has 2 amide bonds. The summed E-state index contributed by atoms with van der Waals surface area (Å²) in [7, 11) is 0. The lowest BCUT2D eigenvalue weighted by Crippen LogP contribution is -2.36. The van der Waals surface area contributed by atoms with Crippen LogP contribution in [0.1, 0.15) is 45.8 Å². The maximum absolute atomic E-state index is 13.1. The van der Waals surface area contributed by atoms with Crippen molar-refractivity contribution < 1.29 is 9.59 Å². The van der Waals surface area contributed by atoms with E-state index in [9.17, 15) is 9.59 Å². The summed E-state index contributed by atoms with van der Waals surface area (Å²) in [5.74, 6) is -0.326. The molecule has 2 aromatic carbocycles. The summed E-state index contributed by atoms with van der Waals surface area (Å²) in [5.41, 5.74) is 2.80. The Morgan fingerprint density at radius 3 is 2.34 bits per heavy atom. The third-order valence-corrected chi connectivity index (χ3v) is 4.61. The molecule has 0 aliphatic carbocycles. The van der Waals surface area contributed by atoms with Gasteiger partial charge < -0.3 is 10.2 Å². The number of carbonyl (C=O) groups excluding carboxylic acids is 2. The zero-order valence-electron chi connectivity index (χ0n) is 16.7. The van der Waals surface area contributed by atoms with Crippen LogP contribution >= 0.6 is 0 Å². The molecule has 1 N–H and O–H groups in total. The second-order valence-electron chi connectivity index (χ2n) is 7.10. The molecule has 0 unspecified atom stereocenters. The van der Waals surface area contributed by atoms with Crippen LogP contribution in [0.5, 0.6) is 0 Å². The van der Waals surface area contributed by atoms with Crippen molar-refractivity contribution in [2.75, 3.05) is 0 Å². The lowest BCUT2D eigenvalue weighted by molar-refractivity contribution is 0.0690. The molecule has 0 bridgehead atoms. The van der Waals surface area contributed by atoms with Gasteiger partial charge >= 0.3 is 0 Å². The zero-order valence-corrected chi connectivity index (χ0v) is 16.7. The Morgan fingerprint density at radius 1 is 0.931 bits per heavy atom. The highest BCUT2D eigenvalue weighted by atomic mass is 16.2. The minimum absolute atomic E-state index is 0.0318. The summed E-state index contributed by atoms with van der Waals surface area (Å²) in [6.07, 6.45) is 1.69. The summed E-state index contributed by atoms with van der Waals surface area (Å²) >= 11 is 0. The fraction of sp³-hybridized carbons (Fsp3) is 0.208. The molecule has 0 aliphatic rings. The summed E-state index contributed by atoms with van der Waals surface area (Å²) in [6, 6.07) is 22.3. The molecule has 3 rings (SSSR count). The van der Waals surface area contributed by atoms with E-state index >= 15 is 0 Å². The number of nitrogens with zero attached hydrogens (tertiary/aromatic N) is 2. The molecule has 5 heteroatoms. The Morgan fingerprint density at radius 2 is 1.66 bits per heavy atom. The number of benzene rings is 2. The second kappa shape index (κ2) is 9.64. The summed E-state index contributed by atoms with van der Waals surface area (Å²) < 4.78 is 0. The van der Waals surface area contributed by atoms with Crippen LogP contribution in [0.4, 0.5) is 0 Å². The fourth-order valence-corrected chi connectivity index (χ4v) is 3.00. The highest BCUT2D eigenvalue weighted by Gasteiger charge is 2.20. The number of hydrogen-bond donors (Lipinski definition) is 1. The largest absolute Gasteiger partial charge is 0.346 e. The van der Waals surface area contributed by atoms with Gasteiger partial charge in [-0.2, -0.15) is 0 Å². The molecule has 0 saturated heterocycles. The number of amides is 2. The quantitative estimate of drug-likeness (QED) is 0.665. The number of hydrogen-bond acceptors (Lipinski definition) is 3. The molecule has 148 valence electrons. The van der Waals surface area contributed by atoms with Crippen molar-refractivity contribution in [3.8, 4) is 0 Å². The standard InChI is InChI=1S/C24H25N3O2/c1-18(2)27(17-19-9-4-3-5-10-19)24(29)21-12-8-11-20(15-21)23(28)26-16-22-13-6-7-14-25-22/h3-15,18H,16-17H2,1-2H3,(H,26,28). The van der Waals surface area contributed by atoms with E-state index in [1.807, 2.05) is 62.4 Å². The Kier molecular flexibility index (Phi) is 6.74. The molecule has 5 nitrogen and oxygen atoms in total. The smallest absolute Gasteiger partial charge is 0.254 e. The van der Waals surface area contributed by atoms with Crippen molar-refractivity contribution in [3.05, 3.63) is 101 Å². The van der Waals surface area contributed by atoms with Gasteiger partial charge in [-0.25, -0.2) is 0 Å². The lowest BCUT2D eigenvalue weighted by Gasteiger charge is -2.27. The molecule has 0 aliphatic heterocycles. The molecule has 0 fully saturated rings. The van der Waals surface area contributed by atoms with E-state index in [0.717, 1.165) is 11.3 Å². The second-order valence-corrected chi connectivity index (χ2v) is 7.10. The van der Waals surface area contributed by atoms with Gasteiger partial charge in [-0.3, -0.25) is 14.6 Å². The third kappa shape index (κ3) is 5.51. The van der Waals surface area contributed by atoms with Gasteiger partial charge in [-0.05, 0) is 49.7 Å². The molecule has 0 saturated carbocycles. The average Bonchev–Trinajstić information content (AvgIpc) is 2.76. The van der Waals surface area contributed by atoms with Crippen molar-refractivity contribution in [2.24, 2.45) is 0 Å². The topological polar surface area (TPSA) is 62.3 Å². The van der Waals surface area contributed by atoms with E-state index < -0.39 is 0 Å². The molecule has 0 spiro atoms. The van der Waals surface area contributed by atoms with E-state index in [4.69, 9.17) is 0 Å². The normalized spacial score (nSPS) is 10.6. The number of rotatable bonds is 7. The molecular formula is C24H25N3O2. The first-order chi connectivity index (χ1) is 14.0. The van der Waals surface area contributed by atoms with Crippen molar-refractivity contribution in [3.63, 3.8) is 0 Å². The van der Waals surface area contributed by atoms with Crippen LogP contribution in [0.15, 0.2) is 79.0 Å². The number of pyridine rings is 1. The number of carbonyl (C=O) groups is 2. The van der Waals surface area contributed by atoms with Gasteiger partial charge in [0.2, 0.25) is 0 Å². The molecule has 0 atom stereocenters. The minimum Gasteiger partial charge on any atom is -0.346 e. The first kappa shape index (κ1) is 20.3. The molecule has 1 heterocycles. The van der Waals surface area contributed by atoms with Crippen molar-refractivity contribution in [2.45, 2.75) is 33.0 Å². The van der Waals surface area contributed by atoms with Gasteiger partial charge in [0.25, 0.3) is 11.8 Å². The highest BCUT2D eigenvalue weighted by Crippen LogP contribution is 2.15. The molecule has 29 heavy (non-hydrogen) atoms. The van der Waals surface area contributed by atoms with Crippen LogP contribution in [0, 0.1) is 0 Å². The van der Waals surface area contributed by atoms with Gasteiger partial charge in [-0.15, -0.1) is 0 Å². The van der Waals surface area contributed by atoms with Crippen molar-refractivity contribution >= 4 is 11.8 Å². The molecule has 3 aromatic rings. The van der Waals surface area contributed by atoms with Crippen LogP contribution in [0.3, 0.4) is 0 Å². The van der Waals surface area contributed by atoms with Gasteiger partial charge in [0, 0.05) is 29.9 Å². The van der Waals surface area contributed by atoms with E-state index in [-0.39, 0.29) is 17.9 Å². The summed E-state index contributed by atoms with van der Waals surface area (Å²) in [4.78, 5) is 31.7. The lowest BCUT2D eigenvalue weighted by atomic mass is 10.1. The fourth-order valence-electron chi connectivity index (χ4n) is 3.00. The van der Waals surface area contributed by atoms with Crippen LogP contribution in [0.2, 0.25) is 0 Å². The van der Waals surface area contributed by atoms with Crippen LogP contribution in [-0.4, -0.2) is 27.7 Å². The molecule has 1 aromatic heterocycles. The van der Waals surface area contributed by atoms with Crippen molar-refractivity contribution in [1.82, 2.24) is 15.2 Å². The van der Waals surface area contributed by atoms with Crippen LogP contribution in [0.25, 0.3) is 0 Å². The van der Waals surface area contributed by atoms with Crippen molar-refractivity contribution in [1.29, 1.82) is 0 Å². The average molecular weight is 387 g/mol. The van der Waals surface area contributed by atoms with E-state index in [1.54, 1.807) is 35.4 Å². The minimum atomic E-state index is -0.232. The highest BCUT2D eigenvalue weighted by molar-refractivity contribution is 5.99. The van der Waals surface area contributed by atoms with Gasteiger partial charge in [0.15, 0.2) is 0 Å². The van der Waals surface area contributed by atoms with Gasteiger partial charge in [0.1, 0.15) is 0 Å². The molecular weight excluding hydrogens is 362 g/mol. The van der Waals surface area contributed by atoms with E-state index in [1.165, 1.54) is 0 Å². The zero-order chi connectivity index (χ0) is 20.6. The van der Waals surface area contributed by atoms with E-state index in [2.05, 4.69) is 10.3 Å². The molecule has 0 radical (unpaired) electrons. The SMILES string of the molecule is CC(C)N(Cc1ccccc1)C(=O)c1cccc(C(=O)NCc2ccccn2)c1. The Bertz CT molecular complexity index is 956. The van der Waals surface area contributed by atoms with Crippen LogP contribution in [-0.2, 0) is 13.1 Å².